The molecular formula is C14H26Cl2N4O. The number of carbonyl (C=O) groups is 1. The van der Waals surface area contributed by atoms with Crippen LogP contribution in [0.1, 0.15) is 25.0 Å². The Kier molecular flexibility index (Phi) is 8.94. The molecule has 0 aromatic carbocycles. The maximum absolute atomic E-state index is 12.2. The van der Waals surface area contributed by atoms with Crippen molar-refractivity contribution < 1.29 is 4.79 Å². The molecule has 21 heavy (non-hydrogen) atoms. The van der Waals surface area contributed by atoms with Crippen LogP contribution in [-0.4, -0.2) is 58.7 Å². The number of aryl methyl sites for hydroxylation is 2. The first kappa shape index (κ1) is 20.2. The SMILES string of the molecule is CN(C)C1CCN(C(=O)CCc2ccnn2C)CC1.Cl.Cl. The molecule has 2 heterocycles. The summed E-state index contributed by atoms with van der Waals surface area (Å²) in [4.78, 5) is 16.4. The average molecular weight is 337 g/mol. The molecule has 5 nitrogen and oxygen atoms in total. The summed E-state index contributed by atoms with van der Waals surface area (Å²) in [5.74, 6) is 0.276. The Morgan fingerprint density at radius 3 is 2.43 bits per heavy atom. The number of aromatic nitrogens is 2. The summed E-state index contributed by atoms with van der Waals surface area (Å²) < 4.78 is 1.84. The molecule has 1 amide bonds. The van der Waals surface area contributed by atoms with Crippen molar-refractivity contribution in [1.29, 1.82) is 0 Å². The molecule has 0 bridgehead atoms. The Morgan fingerprint density at radius 2 is 1.95 bits per heavy atom. The molecule has 1 saturated heterocycles. The first-order chi connectivity index (χ1) is 9.08. The Bertz CT molecular complexity index is 428. The Labute approximate surface area is 139 Å². The van der Waals surface area contributed by atoms with E-state index in [1.165, 1.54) is 0 Å². The lowest BCUT2D eigenvalue weighted by Crippen LogP contribution is -2.44. The Balaban J connectivity index is 0.00000200. The average Bonchev–Trinajstić information content (AvgIpc) is 2.81. The first-order valence-corrected chi connectivity index (χ1v) is 6.99. The van der Waals surface area contributed by atoms with Crippen molar-refractivity contribution in [3.8, 4) is 0 Å². The minimum atomic E-state index is 0. The molecule has 1 aromatic rings. The number of amides is 1. The quantitative estimate of drug-likeness (QED) is 0.841. The maximum atomic E-state index is 12.2. The summed E-state index contributed by atoms with van der Waals surface area (Å²) in [6.45, 7) is 1.79. The largest absolute Gasteiger partial charge is 0.343 e. The highest BCUT2D eigenvalue weighted by atomic mass is 35.5. The van der Waals surface area contributed by atoms with E-state index in [1.54, 1.807) is 6.20 Å². The molecule has 0 spiro atoms. The van der Waals surface area contributed by atoms with E-state index < -0.39 is 0 Å². The van der Waals surface area contributed by atoms with Gasteiger partial charge in [-0.2, -0.15) is 5.10 Å². The smallest absolute Gasteiger partial charge is 0.222 e. The number of hydrogen-bond acceptors (Lipinski definition) is 3. The molecule has 0 N–H and O–H groups in total. The van der Waals surface area contributed by atoms with E-state index in [9.17, 15) is 4.79 Å². The van der Waals surface area contributed by atoms with E-state index in [4.69, 9.17) is 0 Å². The first-order valence-electron chi connectivity index (χ1n) is 6.99. The van der Waals surface area contributed by atoms with E-state index >= 15 is 0 Å². The molecule has 0 unspecified atom stereocenters. The minimum absolute atomic E-state index is 0. The van der Waals surface area contributed by atoms with Gasteiger partial charge in [-0.3, -0.25) is 9.48 Å². The van der Waals surface area contributed by atoms with Gasteiger partial charge in [-0.15, -0.1) is 24.8 Å². The van der Waals surface area contributed by atoms with Gasteiger partial charge in [0.15, 0.2) is 0 Å². The van der Waals surface area contributed by atoms with Crippen LogP contribution < -0.4 is 0 Å². The van der Waals surface area contributed by atoms with E-state index in [2.05, 4.69) is 24.1 Å². The third-order valence-corrected chi connectivity index (χ3v) is 4.06. The molecular weight excluding hydrogens is 311 g/mol. The normalized spacial score (nSPS) is 15.5. The molecule has 2 rings (SSSR count). The van der Waals surface area contributed by atoms with Gasteiger partial charge in [0.2, 0.25) is 5.91 Å². The van der Waals surface area contributed by atoms with Crippen LogP contribution in [0.4, 0.5) is 0 Å². The second-order valence-corrected chi connectivity index (χ2v) is 5.52. The molecule has 122 valence electrons. The lowest BCUT2D eigenvalue weighted by molar-refractivity contribution is -0.132. The number of rotatable bonds is 4. The molecule has 0 aliphatic carbocycles. The van der Waals surface area contributed by atoms with Crippen molar-refractivity contribution in [3.05, 3.63) is 18.0 Å². The third kappa shape index (κ3) is 5.49. The molecule has 1 aliphatic rings. The molecule has 7 heteroatoms. The van der Waals surface area contributed by atoms with Gasteiger partial charge in [-0.05, 0) is 39.4 Å². The van der Waals surface area contributed by atoms with Crippen molar-refractivity contribution in [3.63, 3.8) is 0 Å². The zero-order valence-electron chi connectivity index (χ0n) is 13.0. The highest BCUT2D eigenvalue weighted by Gasteiger charge is 2.23. The van der Waals surface area contributed by atoms with Crippen molar-refractivity contribution in [2.75, 3.05) is 27.2 Å². The highest BCUT2D eigenvalue weighted by molar-refractivity contribution is 5.85. The summed E-state index contributed by atoms with van der Waals surface area (Å²) >= 11 is 0. The Morgan fingerprint density at radius 1 is 1.33 bits per heavy atom. The van der Waals surface area contributed by atoms with Gasteiger partial charge in [0, 0.05) is 44.5 Å². The second kappa shape index (κ2) is 9.28. The molecule has 0 radical (unpaired) electrons. The van der Waals surface area contributed by atoms with Gasteiger partial charge in [0.05, 0.1) is 0 Å². The van der Waals surface area contributed by atoms with Gasteiger partial charge < -0.3 is 9.80 Å². The zero-order valence-corrected chi connectivity index (χ0v) is 14.6. The van der Waals surface area contributed by atoms with Gasteiger partial charge >= 0.3 is 0 Å². The monoisotopic (exact) mass is 336 g/mol. The zero-order chi connectivity index (χ0) is 13.8. The summed E-state index contributed by atoms with van der Waals surface area (Å²) in [5, 5.41) is 4.12. The minimum Gasteiger partial charge on any atom is -0.343 e. The van der Waals surface area contributed by atoms with Crippen LogP contribution in [0.25, 0.3) is 0 Å². The van der Waals surface area contributed by atoms with Gasteiger partial charge in [-0.1, -0.05) is 0 Å². The maximum Gasteiger partial charge on any atom is 0.222 e. The van der Waals surface area contributed by atoms with Crippen LogP contribution in [0.15, 0.2) is 12.3 Å². The Hall–Kier alpha value is -0.780. The molecule has 1 fully saturated rings. The predicted octanol–water partition coefficient (Wildman–Crippen LogP) is 1.75. The van der Waals surface area contributed by atoms with Crippen LogP contribution in [0.5, 0.6) is 0 Å². The molecule has 0 saturated carbocycles. The number of likely N-dealkylation sites (tertiary alicyclic amines) is 1. The van der Waals surface area contributed by atoms with E-state index in [0.717, 1.165) is 38.0 Å². The van der Waals surface area contributed by atoms with E-state index in [0.29, 0.717) is 12.5 Å². The predicted molar refractivity (Wildman–Crippen MR) is 89.3 cm³/mol. The number of piperidine rings is 1. The summed E-state index contributed by atoms with van der Waals surface area (Å²) in [7, 11) is 6.15. The summed E-state index contributed by atoms with van der Waals surface area (Å²) in [6.07, 6.45) is 5.33. The van der Waals surface area contributed by atoms with Crippen LogP contribution in [0, 0.1) is 0 Å². The molecule has 1 aliphatic heterocycles. The second-order valence-electron chi connectivity index (χ2n) is 5.52. The summed E-state index contributed by atoms with van der Waals surface area (Å²) in [5.41, 5.74) is 1.12. The van der Waals surface area contributed by atoms with Crippen LogP contribution in [0.2, 0.25) is 0 Å². The number of nitrogens with zero attached hydrogens (tertiary/aromatic N) is 4. The molecule has 0 atom stereocenters. The van der Waals surface area contributed by atoms with Crippen molar-refractivity contribution in [2.45, 2.75) is 31.7 Å². The number of hydrogen-bond donors (Lipinski definition) is 0. The number of halogens is 2. The van der Waals surface area contributed by atoms with Crippen LogP contribution in [0.3, 0.4) is 0 Å². The van der Waals surface area contributed by atoms with Crippen molar-refractivity contribution >= 4 is 30.7 Å². The van der Waals surface area contributed by atoms with E-state index in [1.807, 2.05) is 22.7 Å². The van der Waals surface area contributed by atoms with E-state index in [-0.39, 0.29) is 30.7 Å². The molecule has 1 aromatic heterocycles. The van der Waals surface area contributed by atoms with Gasteiger partial charge in [0.1, 0.15) is 0 Å². The fourth-order valence-corrected chi connectivity index (χ4v) is 2.67. The topological polar surface area (TPSA) is 41.4 Å². The van der Waals surface area contributed by atoms with Gasteiger partial charge in [0.25, 0.3) is 0 Å². The fourth-order valence-electron chi connectivity index (χ4n) is 2.67. The van der Waals surface area contributed by atoms with Crippen molar-refractivity contribution in [1.82, 2.24) is 19.6 Å². The summed E-state index contributed by atoms with van der Waals surface area (Å²) in [6, 6.07) is 2.60. The fraction of sp³-hybridized carbons (Fsp3) is 0.714. The standard InChI is InChI=1S/C14H24N4O.2ClH/c1-16(2)12-7-10-18(11-8-12)14(19)5-4-13-6-9-15-17(13)3;;/h6,9,12H,4-5,7-8,10-11H2,1-3H3;2*1H. The third-order valence-electron chi connectivity index (χ3n) is 4.06. The number of carbonyl (C=O) groups excluding carboxylic acids is 1. The van der Waals surface area contributed by atoms with Crippen LogP contribution >= 0.6 is 24.8 Å². The lowest BCUT2D eigenvalue weighted by atomic mass is 10.0. The highest BCUT2D eigenvalue weighted by Crippen LogP contribution is 2.15. The van der Waals surface area contributed by atoms with Crippen molar-refractivity contribution in [2.24, 2.45) is 7.05 Å². The van der Waals surface area contributed by atoms with Crippen LogP contribution in [-0.2, 0) is 18.3 Å². The lowest BCUT2D eigenvalue weighted by Gasteiger charge is -2.35. The van der Waals surface area contributed by atoms with Gasteiger partial charge in [-0.25, -0.2) is 0 Å².